The van der Waals surface area contributed by atoms with Gasteiger partial charge in [-0.1, -0.05) is 36.8 Å². The number of hydrogen-bond acceptors (Lipinski definition) is 6. The standard InChI is InChI=1S/C28H36N6O2/c1-7-25(26-30-31-32-34(26)28(4,5)6)33(17-20-11-9-19(3)10-12-20)18-22-15-21-16-23(36-8-2)13-14-24(21)29-27(22)35/h9-16,25H,7-8,17-18H2,1-6H3,(H,29,35)/t25-/m1/s1. The summed E-state index contributed by atoms with van der Waals surface area (Å²) < 4.78 is 7.57. The number of fused-ring (bicyclic) bond motifs is 1. The van der Waals surface area contributed by atoms with Crippen molar-refractivity contribution in [1.82, 2.24) is 30.1 Å². The van der Waals surface area contributed by atoms with Gasteiger partial charge in [-0.15, -0.1) is 5.10 Å². The summed E-state index contributed by atoms with van der Waals surface area (Å²) in [5, 5.41) is 13.7. The number of aromatic nitrogens is 5. The van der Waals surface area contributed by atoms with E-state index in [4.69, 9.17) is 4.74 Å². The van der Waals surface area contributed by atoms with Crippen LogP contribution in [0, 0.1) is 6.92 Å². The Kier molecular flexibility index (Phi) is 7.54. The predicted octanol–water partition coefficient (Wildman–Crippen LogP) is 5.13. The van der Waals surface area contributed by atoms with E-state index in [1.165, 1.54) is 11.1 Å². The number of aryl methyl sites for hydroxylation is 1. The zero-order chi connectivity index (χ0) is 25.9. The Morgan fingerprint density at radius 2 is 1.81 bits per heavy atom. The lowest BCUT2D eigenvalue weighted by Crippen LogP contribution is -2.35. The minimum absolute atomic E-state index is 0.0783. The Morgan fingerprint density at radius 1 is 1.06 bits per heavy atom. The predicted molar refractivity (Wildman–Crippen MR) is 142 cm³/mol. The van der Waals surface area contributed by atoms with E-state index in [9.17, 15) is 4.79 Å². The fourth-order valence-electron chi connectivity index (χ4n) is 4.51. The lowest BCUT2D eigenvalue weighted by Gasteiger charge is -2.32. The first-order chi connectivity index (χ1) is 17.2. The molecular formula is C28H36N6O2. The van der Waals surface area contributed by atoms with Crippen molar-refractivity contribution in [1.29, 1.82) is 0 Å². The Morgan fingerprint density at radius 3 is 2.47 bits per heavy atom. The summed E-state index contributed by atoms with van der Waals surface area (Å²) in [6, 6.07) is 16.1. The third kappa shape index (κ3) is 5.65. The minimum atomic E-state index is -0.266. The van der Waals surface area contributed by atoms with Crippen LogP contribution in [-0.4, -0.2) is 36.7 Å². The molecule has 2 aromatic carbocycles. The zero-order valence-corrected chi connectivity index (χ0v) is 22.1. The van der Waals surface area contributed by atoms with E-state index in [-0.39, 0.29) is 17.1 Å². The molecule has 0 bridgehead atoms. The number of nitrogens with zero attached hydrogens (tertiary/aromatic N) is 5. The normalized spacial score (nSPS) is 12.9. The molecule has 0 aliphatic heterocycles. The molecule has 1 atom stereocenters. The van der Waals surface area contributed by atoms with Gasteiger partial charge in [-0.05, 0) is 81.3 Å². The smallest absolute Gasteiger partial charge is 0.252 e. The van der Waals surface area contributed by atoms with Gasteiger partial charge in [0.15, 0.2) is 5.82 Å². The maximum Gasteiger partial charge on any atom is 0.252 e. The third-order valence-electron chi connectivity index (χ3n) is 6.34. The lowest BCUT2D eigenvalue weighted by molar-refractivity contribution is 0.153. The average molecular weight is 489 g/mol. The number of rotatable bonds is 9. The molecule has 1 N–H and O–H groups in total. The van der Waals surface area contributed by atoms with Crippen LogP contribution in [-0.2, 0) is 18.6 Å². The quantitative estimate of drug-likeness (QED) is 0.351. The first kappa shape index (κ1) is 25.6. The van der Waals surface area contributed by atoms with Crippen LogP contribution < -0.4 is 10.3 Å². The van der Waals surface area contributed by atoms with Crippen LogP contribution in [0.25, 0.3) is 10.9 Å². The lowest BCUT2D eigenvalue weighted by atomic mass is 10.0. The molecule has 4 rings (SSSR count). The van der Waals surface area contributed by atoms with Crippen LogP contribution in [0.2, 0.25) is 0 Å². The second-order valence-corrected chi connectivity index (χ2v) is 10.2. The van der Waals surface area contributed by atoms with Crippen LogP contribution in [0.4, 0.5) is 0 Å². The molecule has 190 valence electrons. The highest BCUT2D eigenvalue weighted by Crippen LogP contribution is 2.29. The zero-order valence-electron chi connectivity index (χ0n) is 22.1. The van der Waals surface area contributed by atoms with E-state index in [2.05, 4.69) is 84.3 Å². The van der Waals surface area contributed by atoms with Crippen molar-refractivity contribution in [3.8, 4) is 5.75 Å². The number of benzene rings is 2. The van der Waals surface area contributed by atoms with Crippen molar-refractivity contribution < 1.29 is 4.74 Å². The highest BCUT2D eigenvalue weighted by atomic mass is 16.5. The van der Waals surface area contributed by atoms with Crippen LogP contribution in [0.3, 0.4) is 0 Å². The minimum Gasteiger partial charge on any atom is -0.494 e. The van der Waals surface area contributed by atoms with Gasteiger partial charge >= 0.3 is 0 Å². The van der Waals surface area contributed by atoms with Gasteiger partial charge in [-0.3, -0.25) is 9.69 Å². The van der Waals surface area contributed by atoms with Crippen molar-refractivity contribution in [2.24, 2.45) is 0 Å². The number of pyridine rings is 1. The molecule has 0 aliphatic rings. The highest BCUT2D eigenvalue weighted by Gasteiger charge is 2.29. The number of hydrogen-bond donors (Lipinski definition) is 1. The van der Waals surface area contributed by atoms with Crippen molar-refractivity contribution in [2.75, 3.05) is 6.61 Å². The van der Waals surface area contributed by atoms with E-state index >= 15 is 0 Å². The maximum absolute atomic E-state index is 13.1. The second kappa shape index (κ2) is 10.6. The summed E-state index contributed by atoms with van der Waals surface area (Å²) in [4.78, 5) is 18.5. The highest BCUT2D eigenvalue weighted by molar-refractivity contribution is 5.80. The molecule has 8 heteroatoms. The third-order valence-corrected chi connectivity index (χ3v) is 6.34. The van der Waals surface area contributed by atoms with Gasteiger partial charge in [-0.2, -0.15) is 0 Å². The molecule has 4 aromatic rings. The largest absolute Gasteiger partial charge is 0.494 e. The van der Waals surface area contributed by atoms with Gasteiger partial charge in [0.2, 0.25) is 0 Å². The number of aromatic amines is 1. The first-order valence-electron chi connectivity index (χ1n) is 12.6. The van der Waals surface area contributed by atoms with Crippen molar-refractivity contribution >= 4 is 10.9 Å². The Bertz CT molecular complexity index is 1370. The summed E-state index contributed by atoms with van der Waals surface area (Å²) in [6.07, 6.45) is 0.794. The van der Waals surface area contributed by atoms with E-state index in [0.717, 1.165) is 28.9 Å². The Balaban J connectivity index is 1.76. The van der Waals surface area contributed by atoms with Crippen molar-refractivity contribution in [3.05, 3.63) is 81.4 Å². The molecule has 36 heavy (non-hydrogen) atoms. The van der Waals surface area contributed by atoms with Gasteiger partial charge in [-0.25, -0.2) is 4.68 Å². The molecule has 8 nitrogen and oxygen atoms in total. The number of ether oxygens (including phenoxy) is 1. The summed E-state index contributed by atoms with van der Waals surface area (Å²) >= 11 is 0. The topological polar surface area (TPSA) is 88.9 Å². The van der Waals surface area contributed by atoms with E-state index in [1.54, 1.807) is 0 Å². The molecule has 0 spiro atoms. The second-order valence-electron chi connectivity index (χ2n) is 10.2. The molecule has 0 saturated heterocycles. The van der Waals surface area contributed by atoms with E-state index < -0.39 is 0 Å². The van der Waals surface area contributed by atoms with Gasteiger partial charge in [0.05, 0.1) is 18.2 Å². The van der Waals surface area contributed by atoms with Gasteiger partial charge < -0.3 is 9.72 Å². The summed E-state index contributed by atoms with van der Waals surface area (Å²) in [6.45, 7) is 14.1. The number of H-pyrrole nitrogens is 1. The average Bonchev–Trinajstić information content (AvgIpc) is 3.32. The van der Waals surface area contributed by atoms with Crippen LogP contribution in [0.15, 0.2) is 53.3 Å². The van der Waals surface area contributed by atoms with E-state index in [0.29, 0.717) is 25.3 Å². The summed E-state index contributed by atoms with van der Waals surface area (Å²) in [7, 11) is 0. The van der Waals surface area contributed by atoms with Crippen LogP contribution in [0.5, 0.6) is 5.75 Å². The van der Waals surface area contributed by atoms with E-state index in [1.807, 2.05) is 35.9 Å². The molecule has 0 amide bonds. The first-order valence-corrected chi connectivity index (χ1v) is 12.6. The maximum atomic E-state index is 13.1. The molecule has 2 heterocycles. The van der Waals surface area contributed by atoms with Gasteiger partial charge in [0.1, 0.15) is 5.75 Å². The van der Waals surface area contributed by atoms with Gasteiger partial charge in [0.25, 0.3) is 5.56 Å². The van der Waals surface area contributed by atoms with Crippen molar-refractivity contribution in [3.63, 3.8) is 0 Å². The van der Waals surface area contributed by atoms with Gasteiger partial charge in [0, 0.05) is 29.6 Å². The Hall–Kier alpha value is -3.52. The fraction of sp³-hybridized carbons (Fsp3) is 0.429. The molecule has 0 radical (unpaired) electrons. The van der Waals surface area contributed by atoms with Crippen molar-refractivity contribution in [2.45, 2.75) is 72.6 Å². The van der Waals surface area contributed by atoms with Crippen LogP contribution >= 0.6 is 0 Å². The molecule has 0 fully saturated rings. The molecular weight excluding hydrogens is 452 g/mol. The summed E-state index contributed by atoms with van der Waals surface area (Å²) in [5.41, 5.74) is 3.51. The summed E-state index contributed by atoms with van der Waals surface area (Å²) in [5.74, 6) is 1.59. The molecule has 0 aliphatic carbocycles. The number of nitrogens with one attached hydrogen (secondary N) is 1. The van der Waals surface area contributed by atoms with Crippen LogP contribution in [0.1, 0.15) is 69.6 Å². The monoisotopic (exact) mass is 488 g/mol. The number of tetrazole rings is 1. The Labute approximate surface area is 212 Å². The molecule has 0 saturated carbocycles. The molecule has 0 unspecified atom stereocenters. The molecule has 2 aromatic heterocycles. The SMILES string of the molecule is CCOc1ccc2[nH]c(=O)c(CN(Cc3ccc(C)cc3)[C@H](CC)c3nnnn3C(C)(C)C)cc2c1. The fourth-order valence-corrected chi connectivity index (χ4v) is 4.51.